The molecule has 0 rings (SSSR count). The molecular formula is C12H20N2O3. The number of urea groups is 1. The number of hydrogen-bond donors (Lipinski definition) is 2. The molecule has 0 aromatic carbocycles. The number of terminal acetylenes is 1. The van der Waals surface area contributed by atoms with E-state index < -0.39 is 11.9 Å². The molecule has 17 heavy (non-hydrogen) atoms. The van der Waals surface area contributed by atoms with Crippen LogP contribution in [-0.2, 0) is 4.79 Å². The number of carboxylic acid groups (broad SMARTS) is 1. The molecule has 0 bridgehead atoms. The number of nitrogens with zero attached hydrogens (tertiary/aromatic N) is 1. The van der Waals surface area contributed by atoms with Crippen LogP contribution in [0.15, 0.2) is 0 Å². The largest absolute Gasteiger partial charge is 0.481 e. The highest BCUT2D eigenvalue weighted by Gasteiger charge is 2.18. The second kappa shape index (κ2) is 7.55. The number of nitrogens with one attached hydrogen (secondary N) is 1. The number of carboxylic acids is 1. The fourth-order valence-electron chi connectivity index (χ4n) is 1.32. The normalized spacial score (nSPS) is 13.3. The molecule has 2 atom stereocenters. The van der Waals surface area contributed by atoms with E-state index in [1.165, 1.54) is 4.90 Å². The van der Waals surface area contributed by atoms with Crippen molar-refractivity contribution in [2.75, 3.05) is 13.6 Å². The number of rotatable bonds is 6. The Kier molecular flexibility index (Phi) is 6.80. The summed E-state index contributed by atoms with van der Waals surface area (Å²) >= 11 is 0. The smallest absolute Gasteiger partial charge is 0.318 e. The Labute approximate surface area is 102 Å². The minimum Gasteiger partial charge on any atom is -0.481 e. The standard InChI is InChI=1S/C12H20N2O3/c1-5-7-10(6-2)13-12(17)14(4)8-9(3)11(15)16/h2,9-10H,5,7-8H2,1,3-4H3,(H,13,17)(H,15,16). The second-order valence-electron chi connectivity index (χ2n) is 4.08. The van der Waals surface area contributed by atoms with Gasteiger partial charge in [-0.25, -0.2) is 4.79 Å². The highest BCUT2D eigenvalue weighted by Crippen LogP contribution is 2.00. The first-order valence-electron chi connectivity index (χ1n) is 5.62. The zero-order valence-electron chi connectivity index (χ0n) is 10.6. The zero-order chi connectivity index (χ0) is 13.4. The lowest BCUT2D eigenvalue weighted by Gasteiger charge is -2.22. The molecule has 0 heterocycles. The number of amides is 2. The predicted octanol–water partition coefficient (Wildman–Crippen LogP) is 1.15. The van der Waals surface area contributed by atoms with Crippen LogP contribution in [0.2, 0.25) is 0 Å². The van der Waals surface area contributed by atoms with E-state index in [1.807, 2.05) is 6.92 Å². The van der Waals surface area contributed by atoms with Crippen molar-refractivity contribution < 1.29 is 14.7 Å². The predicted molar refractivity (Wildman–Crippen MR) is 65.5 cm³/mol. The molecule has 0 aliphatic heterocycles. The fourth-order valence-corrected chi connectivity index (χ4v) is 1.32. The van der Waals surface area contributed by atoms with Gasteiger partial charge in [0.1, 0.15) is 0 Å². The number of hydrogen-bond acceptors (Lipinski definition) is 2. The van der Waals surface area contributed by atoms with Crippen LogP contribution in [0.4, 0.5) is 4.79 Å². The summed E-state index contributed by atoms with van der Waals surface area (Å²) in [4.78, 5) is 23.7. The third kappa shape index (κ3) is 5.81. The Morgan fingerprint density at radius 3 is 2.53 bits per heavy atom. The Balaban J connectivity index is 4.22. The Hall–Kier alpha value is -1.70. The fraction of sp³-hybridized carbons (Fsp3) is 0.667. The van der Waals surface area contributed by atoms with Crippen LogP contribution < -0.4 is 5.32 Å². The van der Waals surface area contributed by atoms with Crippen molar-refractivity contribution in [2.45, 2.75) is 32.7 Å². The summed E-state index contributed by atoms with van der Waals surface area (Å²) in [6.07, 6.45) is 6.87. The van der Waals surface area contributed by atoms with Crippen LogP contribution in [0.25, 0.3) is 0 Å². The topological polar surface area (TPSA) is 69.6 Å². The minimum absolute atomic E-state index is 0.157. The summed E-state index contributed by atoms with van der Waals surface area (Å²) in [5.41, 5.74) is 0. The molecule has 2 amide bonds. The van der Waals surface area contributed by atoms with Crippen molar-refractivity contribution in [2.24, 2.45) is 5.92 Å². The Morgan fingerprint density at radius 1 is 1.53 bits per heavy atom. The molecule has 5 nitrogen and oxygen atoms in total. The van der Waals surface area contributed by atoms with E-state index in [1.54, 1.807) is 14.0 Å². The molecule has 96 valence electrons. The first kappa shape index (κ1) is 15.3. The van der Waals surface area contributed by atoms with Gasteiger partial charge in [-0.05, 0) is 6.42 Å². The van der Waals surface area contributed by atoms with Gasteiger partial charge < -0.3 is 15.3 Å². The first-order valence-corrected chi connectivity index (χ1v) is 5.62. The highest BCUT2D eigenvalue weighted by atomic mass is 16.4. The van der Waals surface area contributed by atoms with Crippen LogP contribution in [0.5, 0.6) is 0 Å². The summed E-state index contributed by atoms with van der Waals surface area (Å²) in [7, 11) is 1.55. The Bertz CT molecular complexity index is 309. The molecular weight excluding hydrogens is 220 g/mol. The van der Waals surface area contributed by atoms with Crippen LogP contribution in [-0.4, -0.2) is 41.6 Å². The molecule has 0 saturated carbocycles. The molecule has 5 heteroatoms. The lowest BCUT2D eigenvalue weighted by atomic mass is 10.1. The van der Waals surface area contributed by atoms with E-state index in [-0.39, 0.29) is 18.6 Å². The van der Waals surface area contributed by atoms with E-state index in [2.05, 4.69) is 11.2 Å². The van der Waals surface area contributed by atoms with Gasteiger partial charge in [-0.1, -0.05) is 26.2 Å². The number of carbonyl (C=O) groups excluding carboxylic acids is 1. The number of aliphatic carboxylic acids is 1. The van der Waals surface area contributed by atoms with Crippen LogP contribution in [0, 0.1) is 18.3 Å². The molecule has 0 aliphatic carbocycles. The van der Waals surface area contributed by atoms with Crippen molar-refractivity contribution in [3.8, 4) is 12.3 Å². The van der Waals surface area contributed by atoms with Gasteiger partial charge in [-0.3, -0.25) is 4.79 Å². The molecule has 0 radical (unpaired) electrons. The average Bonchev–Trinajstić information content (AvgIpc) is 2.27. The van der Waals surface area contributed by atoms with Gasteiger partial charge in [0.25, 0.3) is 0 Å². The van der Waals surface area contributed by atoms with Gasteiger partial charge in [0.2, 0.25) is 0 Å². The van der Waals surface area contributed by atoms with Crippen LogP contribution >= 0.6 is 0 Å². The molecule has 0 spiro atoms. The molecule has 0 aromatic heterocycles. The van der Waals surface area contributed by atoms with Gasteiger partial charge in [0, 0.05) is 13.6 Å². The van der Waals surface area contributed by atoms with Gasteiger partial charge >= 0.3 is 12.0 Å². The lowest BCUT2D eigenvalue weighted by Crippen LogP contribution is -2.44. The van der Waals surface area contributed by atoms with Crippen molar-refractivity contribution in [3.63, 3.8) is 0 Å². The summed E-state index contributed by atoms with van der Waals surface area (Å²) in [6, 6.07) is -0.635. The van der Waals surface area contributed by atoms with Crippen LogP contribution in [0.1, 0.15) is 26.7 Å². The van der Waals surface area contributed by atoms with Crippen LogP contribution in [0.3, 0.4) is 0 Å². The molecule has 0 aromatic rings. The summed E-state index contributed by atoms with van der Waals surface area (Å²) in [6.45, 7) is 3.69. The summed E-state index contributed by atoms with van der Waals surface area (Å²) in [5, 5.41) is 11.4. The lowest BCUT2D eigenvalue weighted by molar-refractivity contribution is -0.141. The highest BCUT2D eigenvalue weighted by molar-refractivity contribution is 5.76. The van der Waals surface area contributed by atoms with Crippen molar-refractivity contribution in [3.05, 3.63) is 0 Å². The van der Waals surface area contributed by atoms with Gasteiger partial charge in [-0.2, -0.15) is 0 Å². The summed E-state index contributed by atoms with van der Waals surface area (Å²) < 4.78 is 0. The maximum absolute atomic E-state index is 11.7. The van der Waals surface area contributed by atoms with E-state index >= 15 is 0 Å². The quantitative estimate of drug-likeness (QED) is 0.684. The Morgan fingerprint density at radius 2 is 2.12 bits per heavy atom. The zero-order valence-corrected chi connectivity index (χ0v) is 10.6. The maximum atomic E-state index is 11.7. The molecule has 0 aliphatic rings. The van der Waals surface area contributed by atoms with Gasteiger partial charge in [-0.15, -0.1) is 6.42 Å². The van der Waals surface area contributed by atoms with Crippen molar-refractivity contribution in [1.82, 2.24) is 10.2 Å². The second-order valence-corrected chi connectivity index (χ2v) is 4.08. The average molecular weight is 240 g/mol. The van der Waals surface area contributed by atoms with E-state index in [4.69, 9.17) is 11.5 Å². The van der Waals surface area contributed by atoms with Crippen molar-refractivity contribution >= 4 is 12.0 Å². The molecule has 0 fully saturated rings. The first-order chi connectivity index (χ1) is 7.92. The van der Waals surface area contributed by atoms with Crippen molar-refractivity contribution in [1.29, 1.82) is 0 Å². The third-order valence-corrected chi connectivity index (χ3v) is 2.39. The molecule has 2 unspecified atom stereocenters. The van der Waals surface area contributed by atoms with Gasteiger partial charge in [0.05, 0.1) is 12.0 Å². The third-order valence-electron chi connectivity index (χ3n) is 2.39. The van der Waals surface area contributed by atoms with E-state index in [0.717, 1.165) is 6.42 Å². The molecule has 0 saturated heterocycles. The number of carbonyl (C=O) groups is 2. The van der Waals surface area contributed by atoms with E-state index in [0.29, 0.717) is 6.42 Å². The minimum atomic E-state index is -0.924. The maximum Gasteiger partial charge on any atom is 0.318 e. The SMILES string of the molecule is C#CC(CCC)NC(=O)N(C)CC(C)C(=O)O. The monoisotopic (exact) mass is 240 g/mol. The summed E-state index contributed by atoms with van der Waals surface area (Å²) in [5.74, 6) is 0.969. The molecule has 2 N–H and O–H groups in total. The van der Waals surface area contributed by atoms with E-state index in [9.17, 15) is 9.59 Å². The van der Waals surface area contributed by atoms with Gasteiger partial charge in [0.15, 0.2) is 0 Å².